The van der Waals surface area contributed by atoms with Crippen LogP contribution in [-0.2, 0) is 0 Å². The lowest BCUT2D eigenvalue weighted by atomic mass is 10.2. The first-order valence-electron chi connectivity index (χ1n) is 7.54. The molecule has 0 aliphatic heterocycles. The zero-order valence-corrected chi connectivity index (χ0v) is 14.8. The van der Waals surface area contributed by atoms with Crippen LogP contribution in [0, 0.1) is 13.8 Å². The molecule has 3 rings (SSSR count). The zero-order chi connectivity index (χ0) is 15.5. The molecule has 110 valence electrons. The zero-order valence-electron chi connectivity index (χ0n) is 12.9. The third kappa shape index (κ3) is 2.87. The quantitative estimate of drug-likeness (QED) is 0.513. The molecule has 0 aromatic heterocycles. The van der Waals surface area contributed by atoms with Gasteiger partial charge in [0.2, 0.25) is 0 Å². The first-order chi connectivity index (χ1) is 10.7. The highest BCUT2D eigenvalue weighted by molar-refractivity contribution is 6.97. The molecular weight excluding hydrogens is 304 g/mol. The molecule has 0 fully saturated rings. The van der Waals surface area contributed by atoms with Crippen molar-refractivity contribution in [1.82, 2.24) is 0 Å². The van der Waals surface area contributed by atoms with E-state index >= 15 is 0 Å². The normalized spacial score (nSPS) is 10.9. The van der Waals surface area contributed by atoms with Crippen molar-refractivity contribution >= 4 is 36.0 Å². The minimum Gasteiger partial charge on any atom is -0.0845 e. The molecule has 0 unspecified atom stereocenters. The van der Waals surface area contributed by atoms with Crippen molar-refractivity contribution in [1.29, 1.82) is 0 Å². The number of hydrogen-bond donors (Lipinski definition) is 0. The van der Waals surface area contributed by atoms with Gasteiger partial charge in [-0.05, 0) is 35.5 Å². The van der Waals surface area contributed by atoms with Crippen molar-refractivity contribution in [2.75, 3.05) is 0 Å². The molecule has 3 aromatic rings. The van der Waals surface area contributed by atoms with E-state index in [0.29, 0.717) is 0 Å². The van der Waals surface area contributed by atoms with E-state index in [9.17, 15) is 0 Å². The number of halogens is 1. The third-order valence-corrected chi connectivity index (χ3v) is 8.41. The summed E-state index contributed by atoms with van der Waals surface area (Å²) in [6, 6.07) is 25.7. The van der Waals surface area contributed by atoms with Crippen LogP contribution in [0.4, 0.5) is 0 Å². The molecule has 22 heavy (non-hydrogen) atoms. The van der Waals surface area contributed by atoms with Gasteiger partial charge in [-0.25, -0.2) is 0 Å². The second-order valence-electron chi connectivity index (χ2n) is 5.67. The van der Waals surface area contributed by atoms with Gasteiger partial charge in [0, 0.05) is 5.02 Å². The van der Waals surface area contributed by atoms with Gasteiger partial charge in [0.25, 0.3) is 0 Å². The molecule has 0 heterocycles. The van der Waals surface area contributed by atoms with E-state index in [1.165, 1.54) is 26.7 Å². The van der Waals surface area contributed by atoms with Gasteiger partial charge in [-0.2, -0.15) is 0 Å². The lowest BCUT2D eigenvalue weighted by Gasteiger charge is -2.22. The fourth-order valence-electron chi connectivity index (χ4n) is 3.03. The largest absolute Gasteiger partial charge is 0.135 e. The van der Waals surface area contributed by atoms with Crippen molar-refractivity contribution in [2.45, 2.75) is 13.8 Å². The molecular formula is C20H19ClSi. The third-order valence-electron chi connectivity index (χ3n) is 4.22. The van der Waals surface area contributed by atoms with E-state index < -0.39 is 8.80 Å². The Balaban J connectivity index is 2.27. The molecule has 0 N–H and O–H groups in total. The molecule has 0 nitrogen and oxygen atoms in total. The monoisotopic (exact) mass is 322 g/mol. The fraction of sp³-hybridized carbons (Fsp3) is 0.100. The summed E-state index contributed by atoms with van der Waals surface area (Å²) in [5.41, 5.74) is 2.70. The molecule has 0 radical (unpaired) electrons. The van der Waals surface area contributed by atoms with Gasteiger partial charge in [-0.15, -0.1) is 0 Å². The highest BCUT2D eigenvalue weighted by Crippen LogP contribution is 2.09. The van der Waals surface area contributed by atoms with Crippen LogP contribution in [0.1, 0.15) is 11.1 Å². The fourth-order valence-corrected chi connectivity index (χ4v) is 6.89. The highest BCUT2D eigenvalue weighted by atomic mass is 35.5. The first kappa shape index (κ1) is 15.1. The Kier molecular flexibility index (Phi) is 4.46. The second kappa shape index (κ2) is 6.51. The summed E-state index contributed by atoms with van der Waals surface area (Å²) in [7, 11) is -1.56. The average molecular weight is 323 g/mol. The van der Waals surface area contributed by atoms with E-state index in [1.54, 1.807) is 0 Å². The topological polar surface area (TPSA) is 0 Å². The van der Waals surface area contributed by atoms with Crippen molar-refractivity contribution in [3.8, 4) is 0 Å². The van der Waals surface area contributed by atoms with Crippen molar-refractivity contribution < 1.29 is 0 Å². The van der Waals surface area contributed by atoms with E-state index in [4.69, 9.17) is 11.6 Å². The lowest BCUT2D eigenvalue weighted by Crippen LogP contribution is -2.54. The molecule has 0 spiro atoms. The summed E-state index contributed by atoms with van der Waals surface area (Å²) in [4.78, 5) is 0. The molecule has 3 aromatic carbocycles. The molecule has 0 atom stereocenters. The van der Waals surface area contributed by atoms with E-state index in [0.717, 1.165) is 5.02 Å². The van der Waals surface area contributed by atoms with Crippen molar-refractivity contribution in [3.63, 3.8) is 0 Å². The Morgan fingerprint density at radius 1 is 0.591 bits per heavy atom. The summed E-state index contributed by atoms with van der Waals surface area (Å²) in [5, 5.41) is 5.08. The summed E-state index contributed by atoms with van der Waals surface area (Å²) >= 11 is 6.56. The SMILES string of the molecule is Cc1ccccc1[SiH](c1ccccc1C)c1ccccc1Cl. The predicted molar refractivity (Wildman–Crippen MR) is 99.9 cm³/mol. The molecule has 0 bridgehead atoms. The lowest BCUT2D eigenvalue weighted by molar-refractivity contribution is 1.49. The molecule has 0 aliphatic rings. The molecule has 0 aliphatic carbocycles. The average Bonchev–Trinajstić information content (AvgIpc) is 2.53. The van der Waals surface area contributed by atoms with Gasteiger partial charge < -0.3 is 0 Å². The van der Waals surface area contributed by atoms with Crippen molar-refractivity contribution in [3.05, 3.63) is 88.9 Å². The van der Waals surface area contributed by atoms with Gasteiger partial charge in [0.1, 0.15) is 8.80 Å². The van der Waals surface area contributed by atoms with Crippen LogP contribution < -0.4 is 15.6 Å². The minimum atomic E-state index is -1.56. The van der Waals surface area contributed by atoms with Gasteiger partial charge >= 0.3 is 0 Å². The van der Waals surface area contributed by atoms with Crippen LogP contribution >= 0.6 is 11.6 Å². The number of benzene rings is 3. The maximum Gasteiger partial charge on any atom is 0.135 e. The van der Waals surface area contributed by atoms with E-state index in [-0.39, 0.29) is 0 Å². The maximum atomic E-state index is 6.56. The Bertz CT molecular complexity index is 687. The van der Waals surface area contributed by atoms with Crippen molar-refractivity contribution in [2.24, 2.45) is 0 Å². The Morgan fingerprint density at radius 2 is 1.00 bits per heavy atom. The van der Waals surface area contributed by atoms with Gasteiger partial charge in [-0.1, -0.05) is 89.5 Å². The van der Waals surface area contributed by atoms with E-state index in [1.807, 2.05) is 12.1 Å². The number of aryl methyl sites for hydroxylation is 2. The summed E-state index contributed by atoms with van der Waals surface area (Å²) < 4.78 is 0. The second-order valence-corrected chi connectivity index (χ2v) is 8.81. The summed E-state index contributed by atoms with van der Waals surface area (Å²) in [6.45, 7) is 4.40. The molecule has 0 saturated carbocycles. The molecule has 0 saturated heterocycles. The smallest absolute Gasteiger partial charge is 0.0845 e. The first-order valence-corrected chi connectivity index (χ1v) is 9.65. The predicted octanol–water partition coefficient (Wildman–Crippen LogP) is 3.21. The van der Waals surface area contributed by atoms with Gasteiger partial charge in [-0.3, -0.25) is 0 Å². The minimum absolute atomic E-state index is 0.880. The maximum absolute atomic E-state index is 6.56. The van der Waals surface area contributed by atoms with Crippen LogP contribution in [0.5, 0.6) is 0 Å². The number of hydrogen-bond acceptors (Lipinski definition) is 0. The summed E-state index contributed by atoms with van der Waals surface area (Å²) in [6.07, 6.45) is 0. The molecule has 0 amide bonds. The van der Waals surface area contributed by atoms with Crippen LogP contribution in [0.2, 0.25) is 5.02 Å². The Hall–Kier alpha value is -1.83. The van der Waals surface area contributed by atoms with Crippen LogP contribution in [-0.4, -0.2) is 8.80 Å². The van der Waals surface area contributed by atoms with Crippen LogP contribution in [0.25, 0.3) is 0 Å². The van der Waals surface area contributed by atoms with Gasteiger partial charge in [0.05, 0.1) is 0 Å². The Labute approximate surface area is 139 Å². The van der Waals surface area contributed by atoms with Gasteiger partial charge in [0.15, 0.2) is 0 Å². The van der Waals surface area contributed by atoms with Crippen LogP contribution in [0.3, 0.4) is 0 Å². The van der Waals surface area contributed by atoms with E-state index in [2.05, 4.69) is 74.5 Å². The standard InChI is InChI=1S/C20H19ClSi/c1-15-9-3-6-12-18(15)22(19-13-7-4-10-16(19)2)20-14-8-5-11-17(20)21/h3-14,22H,1-2H3. The highest BCUT2D eigenvalue weighted by Gasteiger charge is 2.23. The van der Waals surface area contributed by atoms with Crippen LogP contribution in [0.15, 0.2) is 72.8 Å². The number of rotatable bonds is 3. The Morgan fingerprint density at radius 3 is 1.45 bits per heavy atom. The summed E-state index contributed by atoms with van der Waals surface area (Å²) in [5.74, 6) is 0. The molecule has 2 heteroatoms.